The van der Waals surface area contributed by atoms with Crippen molar-refractivity contribution < 1.29 is 14.3 Å². The maximum Gasteiger partial charge on any atom is 0.259 e. The summed E-state index contributed by atoms with van der Waals surface area (Å²) in [5.41, 5.74) is 1.29. The highest BCUT2D eigenvalue weighted by atomic mass is 35.5. The van der Waals surface area contributed by atoms with Crippen molar-refractivity contribution in [1.82, 2.24) is 9.55 Å². The monoisotopic (exact) mass is 474 g/mol. The molecule has 170 valence electrons. The fourth-order valence-corrected chi connectivity index (χ4v) is 3.30. The lowest BCUT2D eigenvalue weighted by atomic mass is 10.1. The first-order valence-electron chi connectivity index (χ1n) is 10.1. The molecule has 2 amide bonds. The number of ether oxygens (including phenoxy) is 1. The maximum absolute atomic E-state index is 12.9. The number of carbonyl (C=O) groups is 2. The molecule has 0 saturated carbocycles. The van der Waals surface area contributed by atoms with Crippen LogP contribution >= 0.6 is 11.6 Å². The Kier molecular flexibility index (Phi) is 6.70. The Morgan fingerprint density at radius 1 is 0.941 bits per heavy atom. The molecule has 34 heavy (non-hydrogen) atoms. The van der Waals surface area contributed by atoms with E-state index in [-0.39, 0.29) is 11.1 Å². The van der Waals surface area contributed by atoms with Crippen LogP contribution in [0.3, 0.4) is 0 Å². The summed E-state index contributed by atoms with van der Waals surface area (Å²) in [5, 5.41) is 5.87. The van der Waals surface area contributed by atoms with E-state index in [1.54, 1.807) is 66.9 Å². The van der Waals surface area contributed by atoms with Crippen LogP contribution < -0.4 is 20.9 Å². The van der Waals surface area contributed by atoms with Gasteiger partial charge in [0, 0.05) is 29.7 Å². The lowest BCUT2D eigenvalue weighted by Crippen LogP contribution is -2.19. The van der Waals surface area contributed by atoms with Gasteiger partial charge in [0.05, 0.1) is 23.4 Å². The lowest BCUT2D eigenvalue weighted by molar-refractivity contribution is 0.102. The van der Waals surface area contributed by atoms with Crippen molar-refractivity contribution in [3.63, 3.8) is 0 Å². The first-order chi connectivity index (χ1) is 16.4. The third-order valence-corrected chi connectivity index (χ3v) is 5.14. The molecule has 0 atom stereocenters. The molecule has 2 aromatic carbocycles. The van der Waals surface area contributed by atoms with Gasteiger partial charge in [-0.15, -0.1) is 0 Å². The molecule has 2 heterocycles. The molecule has 0 unspecified atom stereocenters. The highest BCUT2D eigenvalue weighted by Crippen LogP contribution is 2.24. The van der Waals surface area contributed by atoms with E-state index in [0.29, 0.717) is 33.5 Å². The number of pyridine rings is 2. The van der Waals surface area contributed by atoms with Crippen LogP contribution in [0.1, 0.15) is 20.7 Å². The molecule has 2 N–H and O–H groups in total. The molecule has 4 aromatic rings. The zero-order valence-corrected chi connectivity index (χ0v) is 18.7. The topological polar surface area (TPSA) is 102 Å². The fourth-order valence-electron chi connectivity index (χ4n) is 3.19. The standard InChI is InChI=1S/C25H19ClN4O4/c1-34-19-10-11-21(20(14-19)25(33)29-22-12-7-17(26)15-27-22)28-24(32)16-5-8-18(9-6-16)30-13-3-2-4-23(30)31/h2-15H,1H3,(H,28,32)(H,27,29,33). The SMILES string of the molecule is COc1ccc(NC(=O)c2ccc(-n3ccccc3=O)cc2)c(C(=O)Nc2ccc(Cl)cn2)c1. The summed E-state index contributed by atoms with van der Waals surface area (Å²) in [6, 6.07) is 19.3. The number of hydrogen-bond acceptors (Lipinski definition) is 5. The normalized spacial score (nSPS) is 10.4. The summed E-state index contributed by atoms with van der Waals surface area (Å²) in [7, 11) is 1.48. The summed E-state index contributed by atoms with van der Waals surface area (Å²) >= 11 is 5.84. The van der Waals surface area contributed by atoms with E-state index in [4.69, 9.17) is 16.3 Å². The Bertz CT molecular complexity index is 1400. The highest BCUT2D eigenvalue weighted by Gasteiger charge is 2.17. The number of nitrogens with one attached hydrogen (secondary N) is 2. The second-order valence-corrected chi connectivity index (χ2v) is 7.57. The number of methoxy groups -OCH3 is 1. The molecular weight excluding hydrogens is 456 g/mol. The number of benzene rings is 2. The van der Waals surface area contributed by atoms with Crippen LogP contribution in [0, 0.1) is 0 Å². The van der Waals surface area contributed by atoms with E-state index >= 15 is 0 Å². The molecule has 9 heteroatoms. The van der Waals surface area contributed by atoms with Gasteiger partial charge in [0.2, 0.25) is 0 Å². The average Bonchev–Trinajstić information content (AvgIpc) is 2.86. The van der Waals surface area contributed by atoms with E-state index in [0.717, 1.165) is 0 Å². The number of rotatable bonds is 6. The third kappa shape index (κ3) is 5.13. The molecule has 0 fully saturated rings. The first kappa shape index (κ1) is 22.8. The van der Waals surface area contributed by atoms with E-state index in [2.05, 4.69) is 15.6 Å². The van der Waals surface area contributed by atoms with Crippen LogP contribution in [-0.2, 0) is 0 Å². The van der Waals surface area contributed by atoms with E-state index < -0.39 is 11.8 Å². The van der Waals surface area contributed by atoms with Crippen molar-refractivity contribution in [2.75, 3.05) is 17.7 Å². The van der Waals surface area contributed by atoms with Crippen LogP contribution in [-0.4, -0.2) is 28.5 Å². The summed E-state index contributed by atoms with van der Waals surface area (Å²) in [5.74, 6) is -0.148. The van der Waals surface area contributed by atoms with Crippen LogP contribution in [0.5, 0.6) is 5.75 Å². The molecule has 0 aliphatic carbocycles. The van der Waals surface area contributed by atoms with Gasteiger partial charge < -0.3 is 15.4 Å². The second-order valence-electron chi connectivity index (χ2n) is 7.14. The van der Waals surface area contributed by atoms with Crippen molar-refractivity contribution in [2.45, 2.75) is 0 Å². The van der Waals surface area contributed by atoms with Gasteiger partial charge in [-0.05, 0) is 60.7 Å². The molecular formula is C25H19ClN4O4. The Morgan fingerprint density at radius 2 is 1.74 bits per heavy atom. The predicted molar refractivity (Wildman–Crippen MR) is 130 cm³/mol. The number of aromatic nitrogens is 2. The van der Waals surface area contributed by atoms with Gasteiger partial charge in [-0.25, -0.2) is 4.98 Å². The van der Waals surface area contributed by atoms with Crippen molar-refractivity contribution >= 4 is 34.9 Å². The number of halogens is 1. The molecule has 0 spiro atoms. The van der Waals surface area contributed by atoms with Crippen molar-refractivity contribution in [3.8, 4) is 11.4 Å². The molecule has 2 aromatic heterocycles. The number of carbonyl (C=O) groups excluding carboxylic acids is 2. The lowest BCUT2D eigenvalue weighted by Gasteiger charge is -2.13. The summed E-state index contributed by atoms with van der Waals surface area (Å²) in [6.45, 7) is 0. The Balaban J connectivity index is 1.56. The zero-order chi connectivity index (χ0) is 24.1. The van der Waals surface area contributed by atoms with E-state index in [9.17, 15) is 14.4 Å². The van der Waals surface area contributed by atoms with Crippen LogP contribution in [0.2, 0.25) is 5.02 Å². The van der Waals surface area contributed by atoms with Crippen molar-refractivity contribution in [2.24, 2.45) is 0 Å². The third-order valence-electron chi connectivity index (χ3n) is 4.92. The quantitative estimate of drug-likeness (QED) is 0.431. The molecule has 8 nitrogen and oxygen atoms in total. The Hall–Kier alpha value is -4.43. The average molecular weight is 475 g/mol. The summed E-state index contributed by atoms with van der Waals surface area (Å²) in [4.78, 5) is 41.9. The van der Waals surface area contributed by atoms with Gasteiger partial charge >= 0.3 is 0 Å². The molecule has 0 radical (unpaired) electrons. The van der Waals surface area contributed by atoms with Gasteiger partial charge in [-0.1, -0.05) is 17.7 Å². The van der Waals surface area contributed by atoms with Crippen molar-refractivity contribution in [3.05, 3.63) is 112 Å². The molecule has 0 aliphatic rings. The Morgan fingerprint density at radius 3 is 2.41 bits per heavy atom. The second kappa shape index (κ2) is 10.0. The van der Waals surface area contributed by atoms with Gasteiger partial charge in [-0.2, -0.15) is 0 Å². The molecule has 0 aliphatic heterocycles. The maximum atomic E-state index is 12.9. The van der Waals surface area contributed by atoms with Gasteiger partial charge in [0.1, 0.15) is 11.6 Å². The van der Waals surface area contributed by atoms with Crippen molar-refractivity contribution in [1.29, 1.82) is 0 Å². The van der Waals surface area contributed by atoms with Gasteiger partial charge in [-0.3, -0.25) is 19.0 Å². The zero-order valence-electron chi connectivity index (χ0n) is 18.0. The summed E-state index contributed by atoms with van der Waals surface area (Å²) < 4.78 is 6.70. The largest absolute Gasteiger partial charge is 0.497 e. The molecule has 0 saturated heterocycles. The number of nitrogens with zero attached hydrogens (tertiary/aromatic N) is 2. The van der Waals surface area contributed by atoms with E-state index in [1.165, 1.54) is 30.0 Å². The van der Waals surface area contributed by atoms with E-state index in [1.807, 2.05) is 0 Å². The minimum Gasteiger partial charge on any atom is -0.497 e. The first-order valence-corrected chi connectivity index (χ1v) is 10.5. The van der Waals surface area contributed by atoms with Gasteiger partial charge in [0.25, 0.3) is 17.4 Å². The highest BCUT2D eigenvalue weighted by molar-refractivity contribution is 6.30. The Labute approximate surface area is 199 Å². The van der Waals surface area contributed by atoms with Crippen LogP contribution in [0.25, 0.3) is 5.69 Å². The number of hydrogen-bond donors (Lipinski definition) is 2. The molecule has 0 bridgehead atoms. The minimum atomic E-state index is -0.483. The van der Waals surface area contributed by atoms with Crippen LogP contribution in [0.15, 0.2) is 90.0 Å². The fraction of sp³-hybridized carbons (Fsp3) is 0.0400. The summed E-state index contributed by atoms with van der Waals surface area (Å²) in [6.07, 6.45) is 3.06. The smallest absolute Gasteiger partial charge is 0.259 e. The number of amides is 2. The number of anilines is 2. The molecule has 4 rings (SSSR count). The van der Waals surface area contributed by atoms with Gasteiger partial charge in [0.15, 0.2) is 0 Å². The predicted octanol–water partition coefficient (Wildman–Crippen LogP) is 4.40. The van der Waals surface area contributed by atoms with Crippen LogP contribution in [0.4, 0.5) is 11.5 Å². The minimum absolute atomic E-state index is 0.177.